The predicted octanol–water partition coefficient (Wildman–Crippen LogP) is 0.778. The van der Waals surface area contributed by atoms with Crippen molar-refractivity contribution in [3.05, 3.63) is 40.0 Å². The van der Waals surface area contributed by atoms with E-state index in [0.717, 1.165) is 0 Å². The van der Waals surface area contributed by atoms with E-state index in [1.807, 2.05) is 9.80 Å². The molecule has 9 heteroatoms. The lowest BCUT2D eigenvalue weighted by atomic mass is 10.1. The zero-order valence-corrected chi connectivity index (χ0v) is 14.6. The van der Waals surface area contributed by atoms with Crippen LogP contribution in [0.15, 0.2) is 24.3 Å². The maximum absolute atomic E-state index is 11.5. The van der Waals surface area contributed by atoms with Crippen LogP contribution in [-0.4, -0.2) is 61.0 Å². The van der Waals surface area contributed by atoms with Crippen molar-refractivity contribution >= 4 is 29.3 Å². The number of nitrogens with zero attached hydrogens (tertiary/aromatic N) is 3. The van der Waals surface area contributed by atoms with Gasteiger partial charge in [0.05, 0.1) is 18.1 Å². The van der Waals surface area contributed by atoms with Crippen molar-refractivity contribution in [3.8, 4) is 0 Å². The molecule has 140 valence electrons. The van der Waals surface area contributed by atoms with E-state index in [2.05, 4.69) is 0 Å². The zero-order chi connectivity index (χ0) is 19.1. The van der Waals surface area contributed by atoms with Gasteiger partial charge in [-0.1, -0.05) is 6.07 Å². The van der Waals surface area contributed by atoms with E-state index >= 15 is 0 Å². The van der Waals surface area contributed by atoms with E-state index in [0.29, 0.717) is 37.4 Å². The van der Waals surface area contributed by atoms with Gasteiger partial charge in [0.2, 0.25) is 5.91 Å². The molecule has 1 heterocycles. The van der Waals surface area contributed by atoms with Crippen LogP contribution in [0.2, 0.25) is 0 Å². The van der Waals surface area contributed by atoms with Crippen molar-refractivity contribution in [2.75, 3.05) is 44.2 Å². The Morgan fingerprint density at radius 2 is 2.00 bits per heavy atom. The average Bonchev–Trinajstić information content (AvgIpc) is 2.60. The molecule has 1 saturated heterocycles. The third kappa shape index (κ3) is 5.28. The van der Waals surface area contributed by atoms with Crippen molar-refractivity contribution in [1.82, 2.24) is 4.90 Å². The SMILES string of the molecule is CCOC(=O)C=Cc1ccc(N2CCN(CC(N)=O)CC2)c([N+](=O)[O-])c1. The summed E-state index contributed by atoms with van der Waals surface area (Å²) in [5, 5.41) is 11.5. The van der Waals surface area contributed by atoms with E-state index in [9.17, 15) is 19.7 Å². The third-order valence-corrected chi connectivity index (χ3v) is 3.99. The second kappa shape index (κ2) is 8.95. The van der Waals surface area contributed by atoms with Crippen LogP contribution in [0.25, 0.3) is 6.08 Å². The predicted molar refractivity (Wildman–Crippen MR) is 96.6 cm³/mol. The standard InChI is InChI=1S/C17H22N4O5/c1-2-26-17(23)6-4-13-3-5-14(15(11-13)21(24)25)20-9-7-19(8-10-20)12-16(18)22/h3-6,11H,2,7-10,12H2,1H3,(H2,18,22). The number of benzene rings is 1. The molecule has 0 aromatic heterocycles. The normalized spacial score (nSPS) is 15.2. The minimum atomic E-state index is -0.496. The van der Waals surface area contributed by atoms with Crippen LogP contribution in [0.4, 0.5) is 11.4 Å². The molecule has 26 heavy (non-hydrogen) atoms. The smallest absolute Gasteiger partial charge is 0.330 e. The Balaban J connectivity index is 2.13. The fraction of sp³-hybridized carbons (Fsp3) is 0.412. The molecule has 2 rings (SSSR count). The number of anilines is 1. The summed E-state index contributed by atoms with van der Waals surface area (Å²) in [6, 6.07) is 4.82. The molecule has 0 unspecified atom stereocenters. The number of nitro benzene ring substituents is 1. The van der Waals surface area contributed by atoms with Crippen LogP contribution in [0.1, 0.15) is 12.5 Å². The number of piperazine rings is 1. The number of rotatable bonds is 7. The Morgan fingerprint density at radius 1 is 1.31 bits per heavy atom. The van der Waals surface area contributed by atoms with Gasteiger partial charge >= 0.3 is 5.97 Å². The molecule has 1 aliphatic rings. The average molecular weight is 362 g/mol. The van der Waals surface area contributed by atoms with Crippen LogP contribution in [0.5, 0.6) is 0 Å². The maximum Gasteiger partial charge on any atom is 0.330 e. The summed E-state index contributed by atoms with van der Waals surface area (Å²) in [6.45, 7) is 4.49. The summed E-state index contributed by atoms with van der Waals surface area (Å²) < 4.78 is 4.79. The molecule has 9 nitrogen and oxygen atoms in total. The molecule has 0 atom stereocenters. The zero-order valence-electron chi connectivity index (χ0n) is 14.6. The Morgan fingerprint density at radius 3 is 2.58 bits per heavy atom. The minimum Gasteiger partial charge on any atom is -0.463 e. The number of carbonyl (C=O) groups is 2. The molecule has 0 bridgehead atoms. The molecule has 1 fully saturated rings. The van der Waals surface area contributed by atoms with Crippen LogP contribution in [-0.2, 0) is 14.3 Å². The summed E-state index contributed by atoms with van der Waals surface area (Å²) in [7, 11) is 0. The van der Waals surface area contributed by atoms with Gasteiger partial charge in [-0.05, 0) is 24.6 Å². The van der Waals surface area contributed by atoms with Crippen molar-refractivity contribution in [3.63, 3.8) is 0 Å². The fourth-order valence-electron chi connectivity index (χ4n) is 2.78. The molecule has 0 saturated carbocycles. The second-order valence-corrected chi connectivity index (χ2v) is 5.82. The third-order valence-electron chi connectivity index (χ3n) is 3.99. The van der Waals surface area contributed by atoms with Crippen molar-refractivity contribution < 1.29 is 19.2 Å². The summed E-state index contributed by atoms with van der Waals surface area (Å²) in [6.07, 6.45) is 2.73. The van der Waals surface area contributed by atoms with Crippen molar-refractivity contribution in [2.45, 2.75) is 6.92 Å². The van der Waals surface area contributed by atoms with Crippen molar-refractivity contribution in [1.29, 1.82) is 0 Å². The Bertz CT molecular complexity index is 711. The number of hydrogen-bond acceptors (Lipinski definition) is 7. The molecule has 1 aliphatic heterocycles. The lowest BCUT2D eigenvalue weighted by Crippen LogP contribution is -2.49. The van der Waals surface area contributed by atoms with E-state index in [1.165, 1.54) is 18.2 Å². The molecular weight excluding hydrogens is 340 g/mol. The molecular formula is C17H22N4O5. The van der Waals surface area contributed by atoms with Gasteiger partial charge in [0.25, 0.3) is 5.69 Å². The Hall–Kier alpha value is -2.94. The number of esters is 1. The number of hydrogen-bond donors (Lipinski definition) is 1. The van der Waals surface area contributed by atoms with Gasteiger partial charge in [0.15, 0.2) is 0 Å². The van der Waals surface area contributed by atoms with Gasteiger partial charge in [0, 0.05) is 38.3 Å². The van der Waals surface area contributed by atoms with E-state index in [1.54, 1.807) is 19.1 Å². The summed E-state index contributed by atoms with van der Waals surface area (Å²) in [4.78, 5) is 37.2. The molecule has 0 radical (unpaired) electrons. The number of nitro groups is 1. The molecule has 2 N–H and O–H groups in total. The first-order valence-electron chi connectivity index (χ1n) is 8.29. The highest BCUT2D eigenvalue weighted by Crippen LogP contribution is 2.30. The Kier molecular flexibility index (Phi) is 6.67. The van der Waals surface area contributed by atoms with E-state index < -0.39 is 10.9 Å². The van der Waals surface area contributed by atoms with Gasteiger partial charge in [-0.25, -0.2) is 4.79 Å². The lowest BCUT2D eigenvalue weighted by Gasteiger charge is -2.35. The number of amides is 1. The molecule has 1 amide bonds. The Labute approximate surface area is 151 Å². The van der Waals surface area contributed by atoms with Crippen LogP contribution >= 0.6 is 0 Å². The van der Waals surface area contributed by atoms with Gasteiger partial charge in [-0.2, -0.15) is 0 Å². The van der Waals surface area contributed by atoms with Crippen LogP contribution in [0.3, 0.4) is 0 Å². The van der Waals surface area contributed by atoms with Crippen molar-refractivity contribution in [2.24, 2.45) is 5.73 Å². The molecule has 1 aromatic carbocycles. The number of carbonyl (C=O) groups excluding carboxylic acids is 2. The highest BCUT2D eigenvalue weighted by atomic mass is 16.6. The monoisotopic (exact) mass is 362 g/mol. The highest BCUT2D eigenvalue weighted by molar-refractivity contribution is 5.87. The topological polar surface area (TPSA) is 119 Å². The second-order valence-electron chi connectivity index (χ2n) is 5.82. The number of primary amides is 1. The molecule has 1 aromatic rings. The summed E-state index contributed by atoms with van der Waals surface area (Å²) in [5.74, 6) is -0.882. The summed E-state index contributed by atoms with van der Waals surface area (Å²) >= 11 is 0. The number of ether oxygens (including phenoxy) is 1. The van der Waals surface area contributed by atoms with Gasteiger partial charge in [-0.3, -0.25) is 19.8 Å². The first-order chi connectivity index (χ1) is 12.4. The minimum absolute atomic E-state index is 0.0284. The van der Waals surface area contributed by atoms with Gasteiger partial charge in [-0.15, -0.1) is 0 Å². The molecule has 0 aliphatic carbocycles. The number of nitrogens with two attached hydrogens (primary N) is 1. The molecule has 0 spiro atoms. The van der Waals surface area contributed by atoms with E-state index in [4.69, 9.17) is 10.5 Å². The lowest BCUT2D eigenvalue weighted by molar-refractivity contribution is -0.384. The maximum atomic E-state index is 11.5. The largest absolute Gasteiger partial charge is 0.463 e. The van der Waals surface area contributed by atoms with Crippen LogP contribution < -0.4 is 10.6 Å². The summed E-state index contributed by atoms with van der Waals surface area (Å²) in [5.41, 5.74) is 6.23. The first-order valence-corrected chi connectivity index (χ1v) is 8.29. The van der Waals surface area contributed by atoms with E-state index in [-0.39, 0.29) is 24.7 Å². The highest BCUT2D eigenvalue weighted by Gasteiger charge is 2.24. The first kappa shape index (κ1) is 19.4. The quantitative estimate of drug-likeness (QED) is 0.329. The van der Waals surface area contributed by atoms with Gasteiger partial charge < -0.3 is 15.4 Å². The fourth-order valence-corrected chi connectivity index (χ4v) is 2.78. The van der Waals surface area contributed by atoms with Gasteiger partial charge in [0.1, 0.15) is 5.69 Å². The van der Waals surface area contributed by atoms with Crippen LogP contribution in [0, 0.1) is 10.1 Å².